The molecule has 176 valence electrons. The average Bonchev–Trinajstić information content (AvgIpc) is 3.26. The highest BCUT2D eigenvalue weighted by Crippen LogP contribution is 2.23. The summed E-state index contributed by atoms with van der Waals surface area (Å²) < 4.78 is 3.09. The predicted molar refractivity (Wildman–Crippen MR) is 134 cm³/mol. The number of halogens is 1. The van der Waals surface area contributed by atoms with Gasteiger partial charge in [-0.1, -0.05) is 30.3 Å². The third-order valence-electron chi connectivity index (χ3n) is 5.40. The van der Waals surface area contributed by atoms with Crippen molar-refractivity contribution in [2.24, 2.45) is 7.05 Å². The largest absolute Gasteiger partial charge is 0.350 e. The Bertz CT molecular complexity index is 1450. The van der Waals surface area contributed by atoms with E-state index in [1.165, 1.54) is 16.3 Å². The van der Waals surface area contributed by atoms with Crippen LogP contribution in [0.1, 0.15) is 30.6 Å². The van der Waals surface area contributed by atoms with Crippen LogP contribution >= 0.6 is 23.4 Å². The molecular weight excluding hydrogens is 476 g/mol. The Hall–Kier alpha value is -3.37. The van der Waals surface area contributed by atoms with Crippen molar-refractivity contribution in [1.29, 1.82) is 0 Å². The maximum Gasteiger partial charge on any atom is 0.262 e. The Labute approximate surface area is 204 Å². The molecule has 9 nitrogen and oxygen atoms in total. The van der Waals surface area contributed by atoms with Crippen molar-refractivity contribution < 1.29 is 9.59 Å². The zero-order valence-electron chi connectivity index (χ0n) is 18.8. The van der Waals surface area contributed by atoms with E-state index in [9.17, 15) is 14.4 Å². The molecule has 0 aliphatic rings. The van der Waals surface area contributed by atoms with E-state index in [1.54, 1.807) is 53.9 Å². The van der Waals surface area contributed by atoms with Gasteiger partial charge >= 0.3 is 0 Å². The summed E-state index contributed by atoms with van der Waals surface area (Å²) in [5, 5.41) is 15.5. The molecule has 0 saturated heterocycles. The number of nitrogens with one attached hydrogen (secondary N) is 2. The highest BCUT2D eigenvalue weighted by atomic mass is 35.5. The van der Waals surface area contributed by atoms with Gasteiger partial charge in [0.2, 0.25) is 11.7 Å². The van der Waals surface area contributed by atoms with Crippen LogP contribution in [0.25, 0.3) is 16.7 Å². The van der Waals surface area contributed by atoms with Gasteiger partial charge in [0, 0.05) is 29.4 Å². The van der Waals surface area contributed by atoms with Gasteiger partial charge in [0.1, 0.15) is 0 Å². The third kappa shape index (κ3) is 4.78. The van der Waals surface area contributed by atoms with E-state index >= 15 is 0 Å². The van der Waals surface area contributed by atoms with Crippen LogP contribution in [0, 0.1) is 0 Å². The van der Waals surface area contributed by atoms with Gasteiger partial charge in [-0.3, -0.25) is 23.4 Å². The van der Waals surface area contributed by atoms with Crippen molar-refractivity contribution >= 4 is 57.5 Å². The molecule has 0 saturated carbocycles. The second-order valence-corrected chi connectivity index (χ2v) is 9.22. The van der Waals surface area contributed by atoms with E-state index in [0.29, 0.717) is 38.1 Å². The van der Waals surface area contributed by atoms with Crippen LogP contribution in [0.2, 0.25) is 5.02 Å². The van der Waals surface area contributed by atoms with E-state index in [2.05, 4.69) is 20.8 Å². The van der Waals surface area contributed by atoms with Crippen LogP contribution in [-0.4, -0.2) is 42.8 Å². The van der Waals surface area contributed by atoms with E-state index in [0.717, 1.165) is 6.42 Å². The minimum atomic E-state index is -0.249. The SMILES string of the molecule is CC[C@@H](C)NC(=O)c1ccc2c(=O)n(C)c3nnc(SCC(=O)Nc4ccc(Cl)cc4)n3c2c1. The number of benzene rings is 2. The van der Waals surface area contributed by atoms with E-state index in [4.69, 9.17) is 11.6 Å². The lowest BCUT2D eigenvalue weighted by molar-refractivity contribution is -0.113. The highest BCUT2D eigenvalue weighted by Gasteiger charge is 2.18. The fraction of sp³-hybridized carbons (Fsp3) is 0.261. The summed E-state index contributed by atoms with van der Waals surface area (Å²) in [6.07, 6.45) is 0.800. The molecule has 0 radical (unpaired) electrons. The summed E-state index contributed by atoms with van der Waals surface area (Å²) in [4.78, 5) is 38.0. The van der Waals surface area contributed by atoms with Crippen molar-refractivity contribution in [2.75, 3.05) is 11.1 Å². The van der Waals surface area contributed by atoms with E-state index in [1.807, 2.05) is 13.8 Å². The molecule has 2 N–H and O–H groups in total. The van der Waals surface area contributed by atoms with Crippen molar-refractivity contribution in [3.05, 3.63) is 63.4 Å². The molecule has 0 bridgehead atoms. The molecule has 0 aliphatic carbocycles. The second kappa shape index (κ2) is 9.86. The van der Waals surface area contributed by atoms with Crippen molar-refractivity contribution in [3.63, 3.8) is 0 Å². The number of hydrogen-bond acceptors (Lipinski definition) is 6. The fourth-order valence-electron chi connectivity index (χ4n) is 3.36. The van der Waals surface area contributed by atoms with Crippen molar-refractivity contribution in [2.45, 2.75) is 31.5 Å². The van der Waals surface area contributed by atoms with Crippen LogP contribution in [0.4, 0.5) is 5.69 Å². The van der Waals surface area contributed by atoms with Gasteiger partial charge in [-0.2, -0.15) is 0 Å². The molecule has 0 aliphatic heterocycles. The molecule has 2 amide bonds. The number of nitrogens with zero attached hydrogens (tertiary/aromatic N) is 4. The predicted octanol–water partition coefficient (Wildman–Crippen LogP) is 3.49. The van der Waals surface area contributed by atoms with Crippen molar-refractivity contribution in [3.8, 4) is 0 Å². The molecule has 0 unspecified atom stereocenters. The number of anilines is 1. The molecule has 34 heavy (non-hydrogen) atoms. The maximum absolute atomic E-state index is 12.9. The molecule has 2 aromatic carbocycles. The summed E-state index contributed by atoms with van der Waals surface area (Å²) in [5.74, 6) is -0.0683. The van der Waals surface area contributed by atoms with Gasteiger partial charge in [0.25, 0.3) is 11.5 Å². The minimum Gasteiger partial charge on any atom is -0.350 e. The Morgan fingerprint density at radius 1 is 1.15 bits per heavy atom. The molecule has 4 aromatic rings. The molecule has 1 atom stereocenters. The van der Waals surface area contributed by atoms with Gasteiger partial charge < -0.3 is 10.6 Å². The summed E-state index contributed by atoms with van der Waals surface area (Å²) in [6.45, 7) is 3.92. The molecule has 0 fully saturated rings. The monoisotopic (exact) mass is 498 g/mol. The lowest BCUT2D eigenvalue weighted by atomic mass is 10.1. The molecule has 11 heteroatoms. The number of carbonyl (C=O) groups is 2. The first kappa shape index (κ1) is 23.8. The molecule has 0 spiro atoms. The first-order valence-corrected chi connectivity index (χ1v) is 12.0. The number of thioether (sulfide) groups is 1. The van der Waals surface area contributed by atoms with Crippen LogP contribution in [0.3, 0.4) is 0 Å². The summed E-state index contributed by atoms with van der Waals surface area (Å²) >= 11 is 7.06. The first-order chi connectivity index (χ1) is 16.3. The Kier molecular flexibility index (Phi) is 6.90. The highest BCUT2D eigenvalue weighted by molar-refractivity contribution is 7.99. The number of carbonyl (C=O) groups excluding carboxylic acids is 2. The van der Waals surface area contributed by atoms with E-state index < -0.39 is 0 Å². The Morgan fingerprint density at radius 3 is 2.59 bits per heavy atom. The number of amides is 2. The Morgan fingerprint density at radius 2 is 1.88 bits per heavy atom. The van der Waals surface area contributed by atoms with Gasteiger partial charge in [-0.05, 0) is 55.8 Å². The van der Waals surface area contributed by atoms with Gasteiger partial charge in [0.15, 0.2) is 5.16 Å². The molecular formula is C23H23ClN6O3S. The number of aryl methyl sites for hydroxylation is 1. The van der Waals surface area contributed by atoms with Gasteiger partial charge in [-0.25, -0.2) is 0 Å². The molecule has 2 heterocycles. The lowest BCUT2D eigenvalue weighted by Gasteiger charge is -2.13. The first-order valence-electron chi connectivity index (χ1n) is 10.7. The third-order valence-corrected chi connectivity index (χ3v) is 6.58. The van der Waals surface area contributed by atoms with Crippen LogP contribution in [0.5, 0.6) is 0 Å². The zero-order chi connectivity index (χ0) is 24.4. The number of aromatic nitrogens is 4. The lowest BCUT2D eigenvalue weighted by Crippen LogP contribution is -2.32. The number of rotatable bonds is 7. The summed E-state index contributed by atoms with van der Waals surface area (Å²) in [6, 6.07) is 11.7. The van der Waals surface area contributed by atoms with Gasteiger partial charge in [-0.15, -0.1) is 10.2 Å². The standard InChI is InChI=1S/C23H23ClN6O3S/c1-4-13(2)25-20(32)14-5-10-17-18(11-14)30-22(29(3)21(17)33)27-28-23(30)34-12-19(31)26-16-8-6-15(24)7-9-16/h5-11,13H,4,12H2,1-3H3,(H,25,32)(H,26,31)/t13-/m1/s1. The molecule has 2 aromatic heterocycles. The zero-order valence-corrected chi connectivity index (χ0v) is 20.4. The summed E-state index contributed by atoms with van der Waals surface area (Å²) in [5.41, 5.74) is 1.31. The topological polar surface area (TPSA) is 110 Å². The van der Waals surface area contributed by atoms with Crippen molar-refractivity contribution in [1.82, 2.24) is 24.5 Å². The maximum atomic E-state index is 12.9. The average molecular weight is 499 g/mol. The summed E-state index contributed by atoms with van der Waals surface area (Å²) in [7, 11) is 1.61. The van der Waals surface area contributed by atoms with Gasteiger partial charge in [0.05, 0.1) is 16.7 Å². The van der Waals surface area contributed by atoms with Crippen LogP contribution < -0.4 is 16.2 Å². The number of fused-ring (bicyclic) bond motifs is 3. The fourth-order valence-corrected chi connectivity index (χ4v) is 4.23. The normalized spacial score (nSPS) is 12.1. The second-order valence-electron chi connectivity index (χ2n) is 7.84. The molecule has 4 rings (SSSR count). The number of hydrogen-bond donors (Lipinski definition) is 2. The van der Waals surface area contributed by atoms with Crippen LogP contribution in [0.15, 0.2) is 52.4 Å². The Balaban J connectivity index is 1.67. The van der Waals surface area contributed by atoms with E-state index in [-0.39, 0.29) is 29.2 Å². The van der Waals surface area contributed by atoms with Crippen LogP contribution in [-0.2, 0) is 11.8 Å². The smallest absolute Gasteiger partial charge is 0.262 e. The minimum absolute atomic E-state index is 0.0204. The quantitative estimate of drug-likeness (QED) is 0.377.